The molecule has 1 aliphatic carbocycles. The van der Waals surface area contributed by atoms with E-state index in [1.807, 2.05) is 0 Å². The second kappa shape index (κ2) is 12.1. The van der Waals surface area contributed by atoms with Crippen molar-refractivity contribution in [2.75, 3.05) is 38.1 Å². The predicted octanol–water partition coefficient (Wildman–Crippen LogP) is 4.88. The fourth-order valence-electron chi connectivity index (χ4n) is 4.30. The number of nitrogens with two attached hydrogens (primary N) is 1. The van der Waals surface area contributed by atoms with E-state index in [0.717, 1.165) is 61.9 Å². The Kier molecular flexibility index (Phi) is 9.13. The summed E-state index contributed by atoms with van der Waals surface area (Å²) >= 11 is 0. The number of anilines is 1. The lowest BCUT2D eigenvalue weighted by molar-refractivity contribution is 0.246. The van der Waals surface area contributed by atoms with Gasteiger partial charge in [0.05, 0.1) is 6.61 Å². The number of rotatable bonds is 8. The fourth-order valence-corrected chi connectivity index (χ4v) is 4.30. The number of nitrogens with zero attached hydrogens (tertiary/aromatic N) is 2. The molecule has 0 bridgehead atoms. The van der Waals surface area contributed by atoms with E-state index in [2.05, 4.69) is 41.4 Å². The summed E-state index contributed by atoms with van der Waals surface area (Å²) in [6.07, 6.45) is 11.5. The van der Waals surface area contributed by atoms with Crippen molar-refractivity contribution in [3.8, 4) is 5.75 Å². The Morgan fingerprint density at radius 2 is 1.83 bits per heavy atom. The van der Waals surface area contributed by atoms with E-state index >= 15 is 0 Å². The van der Waals surface area contributed by atoms with Crippen molar-refractivity contribution in [2.45, 2.75) is 64.7 Å². The van der Waals surface area contributed by atoms with Gasteiger partial charge in [-0.3, -0.25) is 4.99 Å². The van der Waals surface area contributed by atoms with Crippen LogP contribution in [0.15, 0.2) is 29.3 Å². The van der Waals surface area contributed by atoms with Crippen LogP contribution < -0.4 is 15.8 Å². The van der Waals surface area contributed by atoms with E-state index in [9.17, 15) is 0 Å². The van der Waals surface area contributed by atoms with Gasteiger partial charge >= 0.3 is 0 Å². The van der Waals surface area contributed by atoms with Gasteiger partial charge in [-0.05, 0) is 68.3 Å². The van der Waals surface area contributed by atoms with E-state index in [0.29, 0.717) is 6.54 Å². The van der Waals surface area contributed by atoms with E-state index in [-0.39, 0.29) is 0 Å². The monoisotopic (exact) mass is 400 g/mol. The molecule has 29 heavy (non-hydrogen) atoms. The molecular weight excluding hydrogens is 360 g/mol. The maximum Gasteiger partial charge on any atom is 0.198 e. The van der Waals surface area contributed by atoms with Crippen molar-refractivity contribution < 1.29 is 4.74 Å². The normalized spacial score (nSPS) is 19.4. The first kappa shape index (κ1) is 21.9. The van der Waals surface area contributed by atoms with Crippen molar-refractivity contribution in [2.24, 2.45) is 22.6 Å². The lowest BCUT2D eigenvalue weighted by atomic mass is 9.87. The molecule has 1 aromatic rings. The van der Waals surface area contributed by atoms with Crippen LogP contribution in [0.4, 0.5) is 5.69 Å². The van der Waals surface area contributed by atoms with Crippen molar-refractivity contribution in [3.05, 3.63) is 24.3 Å². The topological polar surface area (TPSA) is 62.9 Å². The maximum atomic E-state index is 5.99. The largest absolute Gasteiger partial charge is 0.494 e. The Balaban J connectivity index is 1.50. The highest BCUT2D eigenvalue weighted by atomic mass is 16.5. The zero-order chi connectivity index (χ0) is 20.3. The van der Waals surface area contributed by atoms with Gasteiger partial charge in [-0.2, -0.15) is 0 Å². The third-order valence-corrected chi connectivity index (χ3v) is 6.34. The number of likely N-dealkylation sites (tertiary alicyclic amines) is 1. The number of guanidine groups is 1. The third-order valence-electron chi connectivity index (χ3n) is 6.34. The first-order valence-electron chi connectivity index (χ1n) is 11.7. The van der Waals surface area contributed by atoms with Gasteiger partial charge in [-0.1, -0.05) is 39.0 Å². The van der Waals surface area contributed by atoms with Crippen LogP contribution in [-0.4, -0.2) is 43.6 Å². The molecule has 1 heterocycles. The summed E-state index contributed by atoms with van der Waals surface area (Å²) in [6.45, 7) is 6.75. The fraction of sp³-hybridized carbons (Fsp3) is 0.708. The first-order valence-corrected chi connectivity index (χ1v) is 11.7. The first-order chi connectivity index (χ1) is 14.2. The zero-order valence-corrected chi connectivity index (χ0v) is 18.2. The van der Waals surface area contributed by atoms with Gasteiger partial charge in [0.25, 0.3) is 0 Å². The molecule has 1 saturated heterocycles. The standard InChI is InChI=1S/C24H40N4O/c1-20-12-17-28(18-13-20)24(26-16-5-15-25)27-22-8-10-23(11-9-22)29-19-14-21-6-3-2-4-7-21/h8-11,20-21H,2-7,12-19,25H2,1H3,(H,26,27). The Labute approximate surface area is 177 Å². The molecule has 1 saturated carbocycles. The molecule has 2 aliphatic rings. The summed E-state index contributed by atoms with van der Waals surface area (Å²) in [6, 6.07) is 8.33. The number of ether oxygens (including phenoxy) is 1. The highest BCUT2D eigenvalue weighted by Gasteiger charge is 2.19. The van der Waals surface area contributed by atoms with Crippen LogP contribution in [0.5, 0.6) is 5.75 Å². The number of hydrogen-bond acceptors (Lipinski definition) is 3. The number of aliphatic imine (C=N–C) groups is 1. The highest BCUT2D eigenvalue weighted by Crippen LogP contribution is 2.26. The molecule has 0 amide bonds. The molecule has 2 fully saturated rings. The number of hydrogen-bond donors (Lipinski definition) is 2. The minimum absolute atomic E-state index is 0.681. The van der Waals surface area contributed by atoms with E-state index < -0.39 is 0 Å². The Morgan fingerprint density at radius 1 is 1.10 bits per heavy atom. The van der Waals surface area contributed by atoms with Crippen LogP contribution in [-0.2, 0) is 0 Å². The van der Waals surface area contributed by atoms with Crippen LogP contribution in [0, 0.1) is 11.8 Å². The van der Waals surface area contributed by atoms with Crippen molar-refractivity contribution in [3.63, 3.8) is 0 Å². The smallest absolute Gasteiger partial charge is 0.198 e. The molecule has 0 aromatic heterocycles. The van der Waals surface area contributed by atoms with Crippen molar-refractivity contribution in [1.29, 1.82) is 0 Å². The van der Waals surface area contributed by atoms with Gasteiger partial charge in [0, 0.05) is 25.3 Å². The van der Waals surface area contributed by atoms with Gasteiger partial charge in [0.15, 0.2) is 5.96 Å². The number of benzene rings is 1. The minimum atomic E-state index is 0.681. The van der Waals surface area contributed by atoms with Gasteiger partial charge in [0.1, 0.15) is 5.75 Å². The quantitative estimate of drug-likeness (QED) is 0.371. The molecule has 5 nitrogen and oxygen atoms in total. The maximum absolute atomic E-state index is 5.99. The summed E-state index contributed by atoms with van der Waals surface area (Å²) < 4.78 is 5.99. The SMILES string of the molecule is CC1CCN(C(=NCCCN)Nc2ccc(OCCC3CCCCC3)cc2)CC1. The Morgan fingerprint density at radius 3 is 2.52 bits per heavy atom. The van der Waals surface area contributed by atoms with E-state index in [4.69, 9.17) is 15.5 Å². The number of piperidine rings is 1. The molecule has 0 atom stereocenters. The van der Waals surface area contributed by atoms with E-state index in [1.165, 1.54) is 51.4 Å². The minimum Gasteiger partial charge on any atom is -0.494 e. The van der Waals surface area contributed by atoms with Crippen molar-refractivity contribution in [1.82, 2.24) is 4.90 Å². The molecule has 3 rings (SSSR count). The van der Waals surface area contributed by atoms with Crippen LogP contribution >= 0.6 is 0 Å². The molecule has 0 spiro atoms. The van der Waals surface area contributed by atoms with Gasteiger partial charge in [-0.15, -0.1) is 0 Å². The average Bonchev–Trinajstić information content (AvgIpc) is 2.76. The van der Waals surface area contributed by atoms with Gasteiger partial charge in [0.2, 0.25) is 0 Å². The Hall–Kier alpha value is -1.75. The Bertz CT molecular complexity index is 602. The molecule has 5 heteroatoms. The summed E-state index contributed by atoms with van der Waals surface area (Å²) in [5.41, 5.74) is 6.72. The summed E-state index contributed by atoms with van der Waals surface area (Å²) in [4.78, 5) is 7.18. The molecule has 162 valence electrons. The second-order valence-corrected chi connectivity index (χ2v) is 8.81. The van der Waals surface area contributed by atoms with Gasteiger partial charge < -0.3 is 20.7 Å². The lowest BCUT2D eigenvalue weighted by Gasteiger charge is -2.33. The molecule has 1 aliphatic heterocycles. The predicted molar refractivity (Wildman–Crippen MR) is 123 cm³/mol. The van der Waals surface area contributed by atoms with Crippen LogP contribution in [0.1, 0.15) is 64.7 Å². The zero-order valence-electron chi connectivity index (χ0n) is 18.2. The molecule has 3 N–H and O–H groups in total. The summed E-state index contributed by atoms with van der Waals surface area (Å²) in [7, 11) is 0. The van der Waals surface area contributed by atoms with Crippen LogP contribution in [0.25, 0.3) is 0 Å². The second-order valence-electron chi connectivity index (χ2n) is 8.81. The highest BCUT2D eigenvalue weighted by molar-refractivity contribution is 5.93. The van der Waals surface area contributed by atoms with Gasteiger partial charge in [-0.25, -0.2) is 0 Å². The van der Waals surface area contributed by atoms with Crippen molar-refractivity contribution >= 4 is 11.6 Å². The van der Waals surface area contributed by atoms with E-state index in [1.54, 1.807) is 0 Å². The molecular formula is C24H40N4O. The third kappa shape index (κ3) is 7.54. The molecule has 0 unspecified atom stereocenters. The lowest BCUT2D eigenvalue weighted by Crippen LogP contribution is -2.42. The molecule has 1 aromatic carbocycles. The summed E-state index contributed by atoms with van der Waals surface area (Å²) in [5.74, 6) is 3.61. The summed E-state index contributed by atoms with van der Waals surface area (Å²) in [5, 5.41) is 3.54. The van der Waals surface area contributed by atoms with Crippen LogP contribution in [0.3, 0.4) is 0 Å². The molecule has 0 radical (unpaired) electrons. The van der Waals surface area contributed by atoms with Crippen LogP contribution in [0.2, 0.25) is 0 Å². The average molecular weight is 401 g/mol. The number of nitrogens with one attached hydrogen (secondary N) is 1.